The van der Waals surface area contributed by atoms with Crippen LogP contribution >= 0.6 is 0 Å². The first kappa shape index (κ1) is 19.0. The van der Waals surface area contributed by atoms with Crippen LogP contribution in [0.5, 0.6) is 5.88 Å². The van der Waals surface area contributed by atoms with E-state index >= 15 is 0 Å². The van der Waals surface area contributed by atoms with Crippen LogP contribution in [-0.4, -0.2) is 43.2 Å². The van der Waals surface area contributed by atoms with Crippen molar-refractivity contribution >= 4 is 23.5 Å². The van der Waals surface area contributed by atoms with E-state index < -0.39 is 12.5 Å². The molecule has 1 fully saturated rings. The van der Waals surface area contributed by atoms with Crippen LogP contribution in [0.25, 0.3) is 5.65 Å². The first-order chi connectivity index (χ1) is 14.0. The zero-order valence-corrected chi connectivity index (χ0v) is 15.2. The highest BCUT2D eigenvalue weighted by atomic mass is 19.3. The van der Waals surface area contributed by atoms with Gasteiger partial charge in [0.15, 0.2) is 5.65 Å². The molecule has 11 heteroatoms. The Kier molecular flexibility index (Phi) is 5.19. The summed E-state index contributed by atoms with van der Waals surface area (Å²) in [5.41, 5.74) is 0.553. The summed E-state index contributed by atoms with van der Waals surface area (Å²) in [4.78, 5) is 27.7. The van der Waals surface area contributed by atoms with Crippen molar-refractivity contribution in [1.82, 2.24) is 24.4 Å². The van der Waals surface area contributed by atoms with Crippen LogP contribution < -0.4 is 10.1 Å². The maximum Gasteiger partial charge on any atom is 0.388 e. The lowest BCUT2D eigenvalue weighted by molar-refractivity contribution is -0.112. The maximum atomic E-state index is 12.8. The number of nitrogens with one attached hydrogen (secondary N) is 1. The number of nitrogens with zero attached hydrogens (tertiary/aromatic N) is 5. The molecule has 4 rings (SSSR count). The zero-order valence-electron chi connectivity index (χ0n) is 15.2. The third-order valence-corrected chi connectivity index (χ3v) is 4.98. The quantitative estimate of drug-likeness (QED) is 0.634. The van der Waals surface area contributed by atoms with Crippen molar-refractivity contribution in [2.24, 2.45) is 5.92 Å². The van der Waals surface area contributed by atoms with Crippen molar-refractivity contribution in [2.75, 3.05) is 5.32 Å². The number of anilines is 1. The van der Waals surface area contributed by atoms with E-state index in [1.807, 2.05) is 0 Å². The third kappa shape index (κ3) is 3.93. The molecule has 1 saturated carbocycles. The second-order valence-corrected chi connectivity index (χ2v) is 6.81. The summed E-state index contributed by atoms with van der Waals surface area (Å²) in [7, 11) is 0. The molecule has 0 unspecified atom stereocenters. The minimum atomic E-state index is -3.08. The average molecular weight is 404 g/mol. The number of fused-ring (bicyclic) bond motifs is 1. The normalized spacial score (nSPS) is 19.4. The largest absolute Gasteiger partial charge is 0.413 e. The van der Waals surface area contributed by atoms with Crippen molar-refractivity contribution in [1.29, 1.82) is 0 Å². The van der Waals surface area contributed by atoms with E-state index in [1.165, 1.54) is 27.8 Å². The number of carbonyl (C=O) groups excluding carboxylic acids is 2. The fourth-order valence-corrected chi connectivity index (χ4v) is 3.50. The number of amides is 1. The molecule has 0 spiro atoms. The van der Waals surface area contributed by atoms with E-state index in [2.05, 4.69) is 25.2 Å². The van der Waals surface area contributed by atoms with Crippen LogP contribution in [0.4, 0.5) is 14.5 Å². The van der Waals surface area contributed by atoms with E-state index in [9.17, 15) is 18.4 Å². The highest BCUT2D eigenvalue weighted by Crippen LogP contribution is 2.34. The molecular formula is C18H18F2N6O3. The minimum Gasteiger partial charge on any atom is -0.413 e. The van der Waals surface area contributed by atoms with E-state index in [4.69, 9.17) is 0 Å². The van der Waals surface area contributed by atoms with Crippen LogP contribution in [0.1, 0.15) is 42.1 Å². The van der Waals surface area contributed by atoms with Gasteiger partial charge in [0.25, 0.3) is 11.8 Å². The van der Waals surface area contributed by atoms with Gasteiger partial charge in [-0.25, -0.2) is 9.50 Å². The molecule has 1 aliphatic rings. The lowest BCUT2D eigenvalue weighted by Gasteiger charge is -2.25. The van der Waals surface area contributed by atoms with Crippen LogP contribution in [0.3, 0.4) is 0 Å². The van der Waals surface area contributed by atoms with E-state index in [1.54, 1.807) is 12.3 Å². The summed E-state index contributed by atoms with van der Waals surface area (Å²) in [5.74, 6) is -0.918. The van der Waals surface area contributed by atoms with E-state index in [-0.39, 0.29) is 29.1 Å². The number of aromatic nitrogens is 5. The van der Waals surface area contributed by atoms with Gasteiger partial charge in [0.05, 0.1) is 18.4 Å². The Morgan fingerprint density at radius 2 is 2.10 bits per heavy atom. The zero-order chi connectivity index (χ0) is 20.4. The number of halogens is 2. The van der Waals surface area contributed by atoms with Gasteiger partial charge in [0.2, 0.25) is 0 Å². The Morgan fingerprint density at radius 1 is 1.31 bits per heavy atom. The highest BCUT2D eigenvalue weighted by Gasteiger charge is 2.26. The van der Waals surface area contributed by atoms with Gasteiger partial charge in [-0.3, -0.25) is 9.48 Å². The molecule has 9 nitrogen and oxygen atoms in total. The molecule has 1 N–H and O–H groups in total. The van der Waals surface area contributed by atoms with Gasteiger partial charge in [0.1, 0.15) is 17.5 Å². The molecule has 0 radical (unpaired) electrons. The second kappa shape index (κ2) is 7.94. The SMILES string of the molecule is O=CC1CCC(n2cc(NC(=O)c3cnn4cccnc34)c(OC(F)F)n2)CC1. The summed E-state index contributed by atoms with van der Waals surface area (Å²) in [6.07, 6.45) is 9.70. The van der Waals surface area contributed by atoms with Crippen molar-refractivity contribution < 1.29 is 23.1 Å². The van der Waals surface area contributed by atoms with Gasteiger partial charge < -0.3 is 14.8 Å². The fraction of sp³-hybridized carbons (Fsp3) is 0.389. The van der Waals surface area contributed by atoms with Gasteiger partial charge in [-0.1, -0.05) is 0 Å². The summed E-state index contributed by atoms with van der Waals surface area (Å²) in [6, 6.07) is 1.61. The number of alkyl halides is 2. The fourth-order valence-electron chi connectivity index (χ4n) is 3.50. The van der Waals surface area contributed by atoms with Gasteiger partial charge in [-0.05, 0) is 31.7 Å². The lowest BCUT2D eigenvalue weighted by Crippen LogP contribution is -2.19. The molecule has 3 aromatic heterocycles. The number of hydrogen-bond acceptors (Lipinski definition) is 6. The Balaban J connectivity index is 1.57. The number of aldehydes is 1. The number of rotatable bonds is 6. The smallest absolute Gasteiger partial charge is 0.388 e. The van der Waals surface area contributed by atoms with Crippen molar-refractivity contribution in [2.45, 2.75) is 38.3 Å². The molecule has 152 valence electrons. The van der Waals surface area contributed by atoms with Crippen LogP contribution in [0, 0.1) is 5.92 Å². The first-order valence-corrected chi connectivity index (χ1v) is 9.14. The maximum absolute atomic E-state index is 12.8. The molecule has 29 heavy (non-hydrogen) atoms. The van der Waals surface area contributed by atoms with Gasteiger partial charge >= 0.3 is 6.61 Å². The van der Waals surface area contributed by atoms with Gasteiger partial charge in [0, 0.05) is 18.3 Å². The molecule has 3 heterocycles. The lowest BCUT2D eigenvalue weighted by atomic mass is 9.87. The standard InChI is InChI=1S/C18H18F2N6O3/c19-18(20)29-17-14(9-26(24-17)12-4-2-11(10-27)3-5-12)23-16(28)13-8-22-25-7-1-6-21-15(13)25/h1,6-12,18H,2-5H2,(H,23,28). The Morgan fingerprint density at radius 3 is 2.83 bits per heavy atom. The molecule has 0 atom stereocenters. The Bertz CT molecular complexity index is 1030. The predicted octanol–water partition coefficient (Wildman–Crippen LogP) is 2.71. The molecule has 1 aliphatic carbocycles. The molecular weight excluding hydrogens is 386 g/mol. The van der Waals surface area contributed by atoms with E-state index in [0.717, 1.165) is 6.29 Å². The molecule has 0 saturated heterocycles. The summed E-state index contributed by atoms with van der Waals surface area (Å²) in [6.45, 7) is -3.08. The molecule has 1 amide bonds. The topological polar surface area (TPSA) is 103 Å². The molecule has 0 aromatic carbocycles. The summed E-state index contributed by atoms with van der Waals surface area (Å²) in [5, 5.41) is 10.7. The average Bonchev–Trinajstić information content (AvgIpc) is 3.32. The van der Waals surface area contributed by atoms with Crippen LogP contribution in [0.2, 0.25) is 0 Å². The van der Waals surface area contributed by atoms with Crippen LogP contribution in [0.15, 0.2) is 30.9 Å². The summed E-state index contributed by atoms with van der Waals surface area (Å²) < 4.78 is 33.1. The minimum absolute atomic E-state index is 0.0147. The highest BCUT2D eigenvalue weighted by molar-refractivity contribution is 6.08. The first-order valence-electron chi connectivity index (χ1n) is 9.14. The number of ether oxygens (including phenoxy) is 1. The Hall–Kier alpha value is -3.37. The summed E-state index contributed by atoms with van der Waals surface area (Å²) >= 11 is 0. The molecule has 0 aliphatic heterocycles. The van der Waals surface area contributed by atoms with Gasteiger partial charge in [-0.15, -0.1) is 5.10 Å². The Labute approximate surface area is 163 Å². The second-order valence-electron chi connectivity index (χ2n) is 6.81. The van der Waals surface area contributed by atoms with Crippen molar-refractivity contribution in [3.8, 4) is 5.88 Å². The number of hydrogen-bond donors (Lipinski definition) is 1. The monoisotopic (exact) mass is 404 g/mol. The van der Waals surface area contributed by atoms with Crippen molar-refractivity contribution in [3.63, 3.8) is 0 Å². The van der Waals surface area contributed by atoms with Gasteiger partial charge in [-0.2, -0.15) is 13.9 Å². The third-order valence-electron chi connectivity index (χ3n) is 4.98. The van der Waals surface area contributed by atoms with E-state index in [0.29, 0.717) is 31.3 Å². The molecule has 3 aromatic rings. The predicted molar refractivity (Wildman–Crippen MR) is 96.9 cm³/mol. The molecule has 0 bridgehead atoms. The van der Waals surface area contributed by atoms with Crippen molar-refractivity contribution in [3.05, 3.63) is 36.4 Å². The van der Waals surface area contributed by atoms with Crippen LogP contribution in [-0.2, 0) is 4.79 Å². The number of carbonyl (C=O) groups is 2.